The van der Waals surface area contributed by atoms with Gasteiger partial charge in [-0.25, -0.2) is 0 Å². The van der Waals surface area contributed by atoms with Gasteiger partial charge in [0.05, 0.1) is 0 Å². The van der Waals surface area contributed by atoms with Gasteiger partial charge in [-0.2, -0.15) is 0 Å². The van der Waals surface area contributed by atoms with E-state index in [9.17, 15) is 4.79 Å². The van der Waals surface area contributed by atoms with Crippen LogP contribution in [0.5, 0.6) is 0 Å². The first-order valence-electron chi connectivity index (χ1n) is 2.98. The standard InChI is InChI=1S/C4H6N2OS.ClH/c5-2-3-1-4(7)6-8-3;/h1H,2,5H2,(H,6,7);1H/i2D2,5+1;. The van der Waals surface area contributed by atoms with Gasteiger partial charge in [0.15, 0.2) is 0 Å². The van der Waals surface area contributed by atoms with Gasteiger partial charge in [-0.3, -0.25) is 9.17 Å². The Hall–Kier alpha value is -0.320. The number of rotatable bonds is 1. The maximum Gasteiger partial charge on any atom is 0.258 e. The van der Waals surface area contributed by atoms with E-state index in [4.69, 9.17) is 8.48 Å². The first-order valence-corrected chi connectivity index (χ1v) is 2.79. The molecule has 0 saturated heterocycles. The summed E-state index contributed by atoms with van der Waals surface area (Å²) < 4.78 is 16.3. The molecule has 0 amide bonds. The zero-order chi connectivity index (χ0) is 7.78. The normalized spacial score (nSPS) is 13.4. The number of halogens is 1. The fourth-order valence-corrected chi connectivity index (χ4v) is 0.849. The van der Waals surface area contributed by atoms with Crippen LogP contribution in [0, 0.1) is 0 Å². The van der Waals surface area contributed by atoms with Gasteiger partial charge in [-0.05, 0) is 0 Å². The predicted octanol–water partition coefficient (Wildman–Crippen LogP) is 0.317. The fourth-order valence-electron chi connectivity index (χ4n) is 0.354. The molecule has 0 bridgehead atoms. The van der Waals surface area contributed by atoms with E-state index in [-0.39, 0.29) is 22.8 Å². The lowest BCUT2D eigenvalue weighted by molar-refractivity contribution is 1.11. The van der Waals surface area contributed by atoms with Crippen LogP contribution in [0.3, 0.4) is 0 Å². The van der Waals surface area contributed by atoms with Crippen molar-refractivity contribution < 1.29 is 2.74 Å². The van der Waals surface area contributed by atoms with Crippen LogP contribution in [0.1, 0.15) is 7.62 Å². The average molecular weight is 170 g/mol. The SMILES string of the molecule is Cl.[2H]C([2H])([15NH2])c1cc(=O)[nH]s1. The average Bonchev–Trinajstić information content (AvgIpc) is 2.11. The quantitative estimate of drug-likeness (QED) is 0.595. The molecule has 1 rings (SSSR count). The minimum atomic E-state index is -1.90. The van der Waals surface area contributed by atoms with Crippen LogP contribution < -0.4 is 11.3 Å². The number of hydrogen-bond acceptors (Lipinski definition) is 3. The molecule has 0 unspecified atom stereocenters. The predicted molar refractivity (Wildman–Crippen MR) is 40.1 cm³/mol. The Morgan fingerprint density at radius 3 is 2.89 bits per heavy atom. The monoisotopic (exact) mass is 169 g/mol. The highest BCUT2D eigenvalue weighted by molar-refractivity contribution is 7.05. The Morgan fingerprint density at radius 2 is 2.67 bits per heavy atom. The summed E-state index contributed by atoms with van der Waals surface area (Å²) in [5.41, 5.74) is 4.74. The van der Waals surface area contributed by atoms with Gasteiger partial charge in [-0.15, -0.1) is 12.4 Å². The van der Waals surface area contributed by atoms with Gasteiger partial charge >= 0.3 is 0 Å². The molecule has 3 N–H and O–H groups in total. The number of aromatic nitrogens is 1. The number of aromatic amines is 1. The molecule has 0 aliphatic rings. The van der Waals surface area contributed by atoms with Gasteiger partial charge in [0.25, 0.3) is 5.56 Å². The zero-order valence-electron chi connectivity index (χ0n) is 6.38. The van der Waals surface area contributed by atoms with Gasteiger partial charge in [0.2, 0.25) is 0 Å². The van der Waals surface area contributed by atoms with Crippen molar-refractivity contribution in [1.29, 1.82) is 0 Å². The van der Waals surface area contributed by atoms with Crippen molar-refractivity contribution in [2.24, 2.45) is 5.73 Å². The zero-order valence-corrected chi connectivity index (χ0v) is 6.01. The molecule has 0 radical (unpaired) electrons. The van der Waals surface area contributed by atoms with Crippen LogP contribution in [0.15, 0.2) is 10.9 Å². The molecule has 9 heavy (non-hydrogen) atoms. The summed E-state index contributed by atoms with van der Waals surface area (Å²) in [6.45, 7) is -1.90. The third-order valence-corrected chi connectivity index (χ3v) is 1.42. The Balaban J connectivity index is 0.000001000. The fraction of sp³-hybridized carbons (Fsp3) is 0.250. The van der Waals surface area contributed by atoms with E-state index < -0.39 is 6.50 Å². The topological polar surface area (TPSA) is 58.9 Å². The maximum absolute atomic E-state index is 10.5. The van der Waals surface area contributed by atoms with E-state index in [1.54, 1.807) is 0 Å². The number of hydrogen-bond donors (Lipinski definition) is 2. The minimum Gasteiger partial charge on any atom is -0.326 e. The summed E-state index contributed by atoms with van der Waals surface area (Å²) in [5.74, 6) is 0. The van der Waals surface area contributed by atoms with Crippen molar-refractivity contribution in [3.63, 3.8) is 0 Å². The highest BCUT2D eigenvalue weighted by Gasteiger charge is 1.89. The summed E-state index contributed by atoms with van der Waals surface area (Å²) in [6.07, 6.45) is 0. The summed E-state index contributed by atoms with van der Waals surface area (Å²) in [4.78, 5) is 10.7. The molecule has 1 heterocycles. The van der Waals surface area contributed by atoms with Crippen molar-refractivity contribution >= 4 is 23.9 Å². The molecular weight excluding hydrogens is 161 g/mol. The molecule has 0 aromatic carbocycles. The molecule has 5 heteroatoms. The third-order valence-electron chi connectivity index (χ3n) is 0.666. The Morgan fingerprint density at radius 1 is 2.00 bits per heavy atom. The second-order valence-electron chi connectivity index (χ2n) is 1.22. The van der Waals surface area contributed by atoms with E-state index in [0.717, 1.165) is 17.6 Å². The molecule has 0 aliphatic carbocycles. The second-order valence-corrected chi connectivity index (χ2v) is 2.07. The molecular formula is C4H7ClN2OS. The van der Waals surface area contributed by atoms with Gasteiger partial charge < -0.3 is 5.73 Å². The Bertz CT molecular complexity index is 278. The van der Waals surface area contributed by atoms with Gasteiger partial charge in [0, 0.05) is 20.2 Å². The number of nitrogens with one attached hydrogen (secondary N) is 1. The van der Waals surface area contributed by atoms with E-state index in [1.165, 1.54) is 0 Å². The largest absolute Gasteiger partial charge is 0.326 e. The third kappa shape index (κ3) is 2.17. The molecule has 1 aromatic heterocycles. The van der Waals surface area contributed by atoms with Crippen LogP contribution >= 0.6 is 23.9 Å². The summed E-state index contributed by atoms with van der Waals surface area (Å²) >= 11 is 0.919. The molecule has 0 atom stereocenters. The highest BCUT2D eigenvalue weighted by atomic mass is 35.5. The van der Waals surface area contributed by atoms with E-state index >= 15 is 0 Å². The molecule has 3 nitrogen and oxygen atoms in total. The maximum atomic E-state index is 10.5. The lowest BCUT2D eigenvalue weighted by Crippen LogP contribution is -1.95. The highest BCUT2D eigenvalue weighted by Crippen LogP contribution is 1.96. The molecule has 1 aromatic rings. The smallest absolute Gasteiger partial charge is 0.258 e. The van der Waals surface area contributed by atoms with E-state index in [1.807, 2.05) is 0 Å². The van der Waals surface area contributed by atoms with Crippen LogP contribution in [0.2, 0.25) is 0 Å². The van der Waals surface area contributed by atoms with Crippen molar-refractivity contribution in [2.75, 3.05) is 0 Å². The van der Waals surface area contributed by atoms with E-state index in [2.05, 4.69) is 4.37 Å². The minimum absolute atomic E-state index is 0. The van der Waals surface area contributed by atoms with Crippen LogP contribution in [0.4, 0.5) is 0 Å². The van der Waals surface area contributed by atoms with Crippen LogP contribution in [0.25, 0.3) is 0 Å². The van der Waals surface area contributed by atoms with Crippen LogP contribution in [-0.2, 0) is 6.50 Å². The second kappa shape index (κ2) is 3.66. The van der Waals surface area contributed by atoms with Crippen LogP contribution in [-0.4, -0.2) is 4.37 Å². The van der Waals surface area contributed by atoms with Crippen molar-refractivity contribution in [2.45, 2.75) is 6.50 Å². The first kappa shape index (κ1) is 5.46. The summed E-state index contributed by atoms with van der Waals surface area (Å²) in [6, 6.07) is 1.16. The van der Waals surface area contributed by atoms with Crippen molar-refractivity contribution in [1.82, 2.24) is 4.37 Å². The first-order chi connectivity index (χ1) is 4.50. The van der Waals surface area contributed by atoms with Gasteiger partial charge in [0.1, 0.15) is 0 Å². The van der Waals surface area contributed by atoms with Crippen molar-refractivity contribution in [3.8, 4) is 0 Å². The number of nitrogens with two attached hydrogens (primary N) is 1. The summed E-state index contributed by atoms with van der Waals surface area (Å²) in [5, 5.41) is 0. The molecule has 52 valence electrons. The lowest BCUT2D eigenvalue weighted by Gasteiger charge is -1.77. The number of H-pyrrole nitrogens is 1. The van der Waals surface area contributed by atoms with Crippen molar-refractivity contribution in [3.05, 3.63) is 21.3 Å². The summed E-state index contributed by atoms with van der Waals surface area (Å²) in [7, 11) is 0. The lowest BCUT2D eigenvalue weighted by atomic mass is 10.5. The Labute approximate surface area is 65.3 Å². The molecule has 0 saturated carbocycles. The van der Waals surface area contributed by atoms with E-state index in [0.29, 0.717) is 0 Å². The molecule has 0 aliphatic heterocycles. The molecule has 0 fully saturated rings. The Kier molecular flexibility index (Phi) is 2.22. The van der Waals surface area contributed by atoms with Gasteiger partial charge in [-0.1, -0.05) is 11.5 Å². The molecule has 0 spiro atoms.